The summed E-state index contributed by atoms with van der Waals surface area (Å²) in [6.07, 6.45) is 7.42. The molecule has 210 valence electrons. The van der Waals surface area contributed by atoms with Crippen molar-refractivity contribution in [1.82, 2.24) is 35.2 Å². The van der Waals surface area contributed by atoms with Gasteiger partial charge in [0.15, 0.2) is 11.4 Å². The van der Waals surface area contributed by atoms with Crippen LogP contribution in [-0.4, -0.2) is 94.9 Å². The smallest absolute Gasteiger partial charge is 0.225 e. The van der Waals surface area contributed by atoms with Crippen LogP contribution in [0.5, 0.6) is 0 Å². The molecule has 0 fully saturated rings. The minimum atomic E-state index is -0.0794. The van der Waals surface area contributed by atoms with E-state index in [0.29, 0.717) is 44.9 Å². The summed E-state index contributed by atoms with van der Waals surface area (Å²) in [7, 11) is 11.1. The number of aromatic nitrogens is 6. The van der Waals surface area contributed by atoms with E-state index in [0.717, 1.165) is 8.95 Å². The van der Waals surface area contributed by atoms with E-state index < -0.39 is 0 Å². The fourth-order valence-electron chi connectivity index (χ4n) is 1.98. The van der Waals surface area contributed by atoms with Crippen molar-refractivity contribution in [3.05, 3.63) is 49.1 Å². The van der Waals surface area contributed by atoms with E-state index in [9.17, 15) is 4.79 Å². The number of aldehydes is 1. The third kappa shape index (κ3) is 13.3. The van der Waals surface area contributed by atoms with Crippen molar-refractivity contribution in [1.29, 1.82) is 0 Å². The van der Waals surface area contributed by atoms with Gasteiger partial charge < -0.3 is 25.3 Å². The normalized spacial score (nSPS) is 9.58. The molecule has 3 rings (SSSR count). The fourth-order valence-corrected chi connectivity index (χ4v) is 3.26. The van der Waals surface area contributed by atoms with Gasteiger partial charge in [-0.1, -0.05) is 11.8 Å². The van der Waals surface area contributed by atoms with Gasteiger partial charge in [-0.2, -0.15) is 0 Å². The molecule has 12 nitrogen and oxygen atoms in total. The second-order valence-electron chi connectivity index (χ2n) is 7.24. The van der Waals surface area contributed by atoms with Gasteiger partial charge in [-0.25, -0.2) is 29.9 Å². The molecule has 3 heterocycles. The third-order valence-corrected chi connectivity index (χ3v) is 6.25. The molecular formula is C22H32Br3N9O3S. The molecule has 0 spiro atoms. The van der Waals surface area contributed by atoms with Crippen LogP contribution in [0.25, 0.3) is 0 Å². The molecule has 3 N–H and O–H groups in total. The predicted octanol–water partition coefficient (Wildman–Crippen LogP) is 3.20. The number of thioether (sulfide) groups is 1. The summed E-state index contributed by atoms with van der Waals surface area (Å²) in [4.78, 5) is 38.2. The highest BCUT2D eigenvalue weighted by Gasteiger charge is 2.05. The zero-order valence-electron chi connectivity index (χ0n) is 22.1. The summed E-state index contributed by atoms with van der Waals surface area (Å²) in [6, 6.07) is 0. The number of nitrogens with one attached hydrogen (secondary N) is 1. The molecule has 0 saturated heterocycles. The lowest BCUT2D eigenvalue weighted by molar-refractivity contribution is 0.111. The molecule has 38 heavy (non-hydrogen) atoms. The summed E-state index contributed by atoms with van der Waals surface area (Å²) < 4.78 is 2.09. The Balaban J connectivity index is 0.000000513. The fraction of sp³-hybridized carbons (Fsp3) is 0.409. The van der Waals surface area contributed by atoms with Gasteiger partial charge in [0.2, 0.25) is 11.9 Å². The number of aliphatic hydroxyl groups is 2. The molecule has 0 aliphatic carbocycles. The van der Waals surface area contributed by atoms with Crippen molar-refractivity contribution >= 4 is 77.7 Å². The molecule has 0 bridgehead atoms. The van der Waals surface area contributed by atoms with E-state index in [1.807, 2.05) is 48.5 Å². The lowest BCUT2D eigenvalue weighted by Crippen LogP contribution is -2.13. The van der Waals surface area contributed by atoms with Crippen LogP contribution in [0.15, 0.2) is 37.2 Å². The quantitative estimate of drug-likeness (QED) is 0.193. The van der Waals surface area contributed by atoms with Crippen molar-refractivity contribution in [2.24, 2.45) is 0 Å². The molecule has 0 saturated carbocycles. The van der Waals surface area contributed by atoms with Crippen LogP contribution in [0, 0.1) is 0 Å². The first-order chi connectivity index (χ1) is 18.0. The Bertz CT molecular complexity index is 1130. The van der Waals surface area contributed by atoms with E-state index in [-0.39, 0.29) is 13.2 Å². The third-order valence-electron chi connectivity index (χ3n) is 3.75. The Morgan fingerprint density at radius 3 is 1.66 bits per heavy atom. The van der Waals surface area contributed by atoms with Crippen molar-refractivity contribution in [3.8, 4) is 0 Å². The Kier molecular flexibility index (Phi) is 19.2. The van der Waals surface area contributed by atoms with Crippen LogP contribution in [0.1, 0.15) is 21.9 Å². The summed E-state index contributed by atoms with van der Waals surface area (Å²) in [5.41, 5.74) is 1.60. The van der Waals surface area contributed by atoms with Gasteiger partial charge in [-0.05, 0) is 68.1 Å². The highest BCUT2D eigenvalue weighted by Crippen LogP contribution is 2.17. The number of hydrogen-bond acceptors (Lipinski definition) is 13. The Morgan fingerprint density at radius 1 is 0.816 bits per heavy atom. The Hall–Kier alpha value is -1.82. The predicted molar refractivity (Wildman–Crippen MR) is 162 cm³/mol. The number of carbonyl (C=O) groups is 1. The molecular weight excluding hydrogens is 710 g/mol. The number of rotatable bonds is 6. The molecule has 0 amide bonds. The van der Waals surface area contributed by atoms with E-state index in [2.05, 4.69) is 83.0 Å². The van der Waals surface area contributed by atoms with Crippen LogP contribution >= 0.6 is 59.6 Å². The van der Waals surface area contributed by atoms with Gasteiger partial charge in [0, 0.05) is 46.8 Å². The second-order valence-corrected chi connectivity index (χ2v) is 10.6. The summed E-state index contributed by atoms with van der Waals surface area (Å²) in [6.45, 7) is -0.138. The maximum absolute atomic E-state index is 10.5. The molecule has 16 heteroatoms. The largest absolute Gasteiger partial charge is 0.390 e. The van der Waals surface area contributed by atoms with Gasteiger partial charge in [0.1, 0.15) is 5.69 Å². The summed E-state index contributed by atoms with van der Waals surface area (Å²) >= 11 is 11.1. The number of carbonyl (C=O) groups excluding carboxylic acids is 1. The monoisotopic (exact) mass is 739 g/mol. The Morgan fingerprint density at radius 2 is 1.24 bits per heavy atom. The molecule has 0 radical (unpaired) electrons. The van der Waals surface area contributed by atoms with Crippen LogP contribution < -0.4 is 15.1 Å². The summed E-state index contributed by atoms with van der Waals surface area (Å²) in [5, 5.41) is 21.1. The highest BCUT2D eigenvalue weighted by molar-refractivity contribution is 9.11. The molecule has 0 aromatic carbocycles. The molecule has 3 aromatic rings. The second kappa shape index (κ2) is 20.1. The maximum atomic E-state index is 10.5. The first-order valence-electron chi connectivity index (χ1n) is 10.7. The molecule has 0 aliphatic rings. The topological polar surface area (TPSA) is 153 Å². The first kappa shape index (κ1) is 36.2. The van der Waals surface area contributed by atoms with Gasteiger partial charge in [0.05, 0.1) is 38.0 Å². The number of halogens is 3. The van der Waals surface area contributed by atoms with Gasteiger partial charge in [0.25, 0.3) is 0 Å². The van der Waals surface area contributed by atoms with Crippen LogP contribution in [-0.2, 0) is 13.2 Å². The maximum Gasteiger partial charge on any atom is 0.225 e. The van der Waals surface area contributed by atoms with Gasteiger partial charge in [-0.15, -0.1) is 0 Å². The van der Waals surface area contributed by atoms with Gasteiger partial charge in [-0.3, -0.25) is 4.79 Å². The minimum Gasteiger partial charge on any atom is -0.390 e. The van der Waals surface area contributed by atoms with E-state index in [4.69, 9.17) is 10.2 Å². The number of anilines is 2. The molecule has 0 aliphatic heterocycles. The standard InChI is InChI=1S/C7H10BrN3O.C7H8BrN3O.C6H7BrN2OS.C2H7N/c2*1-11(2)7-9-3-5(8)6(4-12)10-7;1-11-6-8-2-4(7)5(3-10)9-6;1-3-2/h3,12H,4H2,1-2H3;3-4H,1-2H3;2,10H,3H2,1H3;3H,1-2H3. The Labute approximate surface area is 252 Å². The number of aliphatic hydroxyl groups excluding tert-OH is 2. The van der Waals surface area contributed by atoms with Crippen LogP contribution in [0.3, 0.4) is 0 Å². The lowest BCUT2D eigenvalue weighted by atomic mass is 10.4. The number of hydrogen-bond donors (Lipinski definition) is 3. The van der Waals surface area contributed by atoms with Crippen molar-refractivity contribution in [2.45, 2.75) is 18.4 Å². The lowest BCUT2D eigenvalue weighted by Gasteiger charge is -2.10. The van der Waals surface area contributed by atoms with Gasteiger partial charge >= 0.3 is 0 Å². The van der Waals surface area contributed by atoms with Crippen molar-refractivity contribution in [3.63, 3.8) is 0 Å². The van der Waals surface area contributed by atoms with E-state index in [1.54, 1.807) is 28.4 Å². The first-order valence-corrected chi connectivity index (χ1v) is 14.3. The molecule has 0 unspecified atom stereocenters. The minimum absolute atomic E-state index is 0.0589. The highest BCUT2D eigenvalue weighted by atomic mass is 79.9. The number of nitrogens with zero attached hydrogens (tertiary/aromatic N) is 8. The average Bonchev–Trinajstić information content (AvgIpc) is 2.90. The van der Waals surface area contributed by atoms with Crippen molar-refractivity contribution < 1.29 is 15.0 Å². The zero-order chi connectivity index (χ0) is 29.3. The van der Waals surface area contributed by atoms with Crippen LogP contribution in [0.2, 0.25) is 0 Å². The summed E-state index contributed by atoms with van der Waals surface area (Å²) in [5.74, 6) is 1.13. The SMILES string of the molecule is CN(C)c1ncc(Br)c(C=O)n1.CN(C)c1ncc(Br)c(CO)n1.CNC.CSc1ncc(Br)c(CO)n1. The van der Waals surface area contributed by atoms with Crippen molar-refractivity contribution in [2.75, 3.05) is 58.3 Å². The van der Waals surface area contributed by atoms with E-state index in [1.165, 1.54) is 11.8 Å². The van der Waals surface area contributed by atoms with Crippen LogP contribution in [0.4, 0.5) is 11.9 Å². The molecule has 0 atom stereocenters. The average molecular weight is 742 g/mol. The molecule has 3 aromatic heterocycles. The van der Waals surface area contributed by atoms with E-state index >= 15 is 0 Å². The zero-order valence-corrected chi connectivity index (χ0v) is 27.7.